The minimum Gasteiger partial charge on any atom is -0.333 e. The summed E-state index contributed by atoms with van der Waals surface area (Å²) in [6.45, 7) is 8.50. The molecule has 3 heterocycles. The lowest BCUT2D eigenvalue weighted by Gasteiger charge is -2.37. The fraction of sp³-hybridized carbons (Fsp3) is 0.455. The first-order valence-electron chi connectivity index (χ1n) is 10.3. The van der Waals surface area contributed by atoms with Gasteiger partial charge in [0.25, 0.3) is 5.78 Å². The second kappa shape index (κ2) is 8.29. The number of nitrogens with one attached hydrogen (secondary N) is 1. The number of nitrogens with zero attached hydrogens (tertiary/aromatic N) is 5. The molecule has 4 rings (SSSR count). The Morgan fingerprint density at radius 3 is 2.79 bits per heavy atom. The lowest BCUT2D eigenvalue weighted by atomic mass is 9.99. The van der Waals surface area contributed by atoms with Gasteiger partial charge in [0, 0.05) is 37.4 Å². The fourth-order valence-corrected chi connectivity index (χ4v) is 4.17. The van der Waals surface area contributed by atoms with Crippen molar-refractivity contribution in [2.45, 2.75) is 46.1 Å². The van der Waals surface area contributed by atoms with Crippen molar-refractivity contribution in [3.05, 3.63) is 58.7 Å². The summed E-state index contributed by atoms with van der Waals surface area (Å²) < 4.78 is 1.75. The molecule has 3 aromatic rings. The predicted octanol–water partition coefficient (Wildman–Crippen LogP) is 2.41. The molecule has 0 aliphatic carbocycles. The van der Waals surface area contributed by atoms with Crippen molar-refractivity contribution in [3.8, 4) is 0 Å². The number of piperazine rings is 1. The normalized spacial score (nSPS) is 17.1. The van der Waals surface area contributed by atoms with E-state index in [1.54, 1.807) is 4.52 Å². The van der Waals surface area contributed by atoms with Crippen LogP contribution >= 0.6 is 0 Å². The minimum atomic E-state index is 0.0836. The zero-order chi connectivity index (χ0) is 20.4. The Bertz CT molecular complexity index is 1010. The smallest absolute Gasteiger partial charge is 0.252 e. The third-order valence-electron chi connectivity index (χ3n) is 5.91. The molecule has 0 saturated carbocycles. The highest BCUT2D eigenvalue weighted by molar-refractivity contribution is 5.77. The monoisotopic (exact) mass is 392 g/mol. The summed E-state index contributed by atoms with van der Waals surface area (Å²) in [5.74, 6) is 0.793. The SMILES string of the molecule is CCc1ccc(C2CNCCN2C(=O)CCc2c(C)nc3ncnn3c2C)cc1. The van der Waals surface area contributed by atoms with Crippen molar-refractivity contribution in [1.82, 2.24) is 29.8 Å². The van der Waals surface area contributed by atoms with Crippen LogP contribution in [0.25, 0.3) is 5.78 Å². The van der Waals surface area contributed by atoms with E-state index in [1.807, 2.05) is 18.7 Å². The van der Waals surface area contributed by atoms with Crippen LogP contribution in [0, 0.1) is 13.8 Å². The van der Waals surface area contributed by atoms with Gasteiger partial charge in [-0.3, -0.25) is 4.79 Å². The lowest BCUT2D eigenvalue weighted by molar-refractivity contribution is -0.134. The maximum atomic E-state index is 13.2. The van der Waals surface area contributed by atoms with E-state index in [-0.39, 0.29) is 11.9 Å². The van der Waals surface area contributed by atoms with Gasteiger partial charge in [-0.15, -0.1) is 0 Å². The molecule has 0 bridgehead atoms. The molecule has 1 aromatic carbocycles. The van der Waals surface area contributed by atoms with Gasteiger partial charge in [0.2, 0.25) is 5.91 Å². The van der Waals surface area contributed by atoms with Crippen LogP contribution in [0.15, 0.2) is 30.6 Å². The number of amides is 1. The molecule has 0 radical (unpaired) electrons. The van der Waals surface area contributed by atoms with Crippen LogP contribution in [0.5, 0.6) is 0 Å². The topological polar surface area (TPSA) is 75.4 Å². The zero-order valence-electron chi connectivity index (χ0n) is 17.4. The van der Waals surface area contributed by atoms with E-state index in [2.05, 4.69) is 51.6 Å². The molecule has 1 unspecified atom stereocenters. The van der Waals surface area contributed by atoms with E-state index in [1.165, 1.54) is 17.5 Å². The fourth-order valence-electron chi connectivity index (χ4n) is 4.17. The van der Waals surface area contributed by atoms with Gasteiger partial charge in [0.1, 0.15) is 6.33 Å². The Balaban J connectivity index is 1.50. The quantitative estimate of drug-likeness (QED) is 0.722. The van der Waals surface area contributed by atoms with E-state index < -0.39 is 0 Å². The van der Waals surface area contributed by atoms with Crippen LogP contribution in [0.1, 0.15) is 47.5 Å². The highest BCUT2D eigenvalue weighted by Crippen LogP contribution is 2.24. The summed E-state index contributed by atoms with van der Waals surface area (Å²) in [5.41, 5.74) is 5.51. The molecule has 1 N–H and O–H groups in total. The molecule has 0 spiro atoms. The van der Waals surface area contributed by atoms with E-state index >= 15 is 0 Å². The second-order valence-corrected chi connectivity index (χ2v) is 7.64. The first-order chi connectivity index (χ1) is 14.1. The lowest BCUT2D eigenvalue weighted by Crippen LogP contribution is -2.48. The third kappa shape index (κ3) is 3.87. The number of aromatic nitrogens is 4. The molecule has 1 amide bonds. The van der Waals surface area contributed by atoms with E-state index in [0.29, 0.717) is 18.6 Å². The van der Waals surface area contributed by atoms with Crippen molar-refractivity contribution < 1.29 is 4.79 Å². The summed E-state index contributed by atoms with van der Waals surface area (Å²) in [6.07, 6.45) is 3.66. The summed E-state index contributed by atoms with van der Waals surface area (Å²) in [4.78, 5) is 23.9. The number of aryl methyl sites for hydroxylation is 3. The van der Waals surface area contributed by atoms with Crippen LogP contribution in [0.2, 0.25) is 0 Å². The molecule has 2 aromatic heterocycles. The Hall–Kier alpha value is -2.80. The molecule has 1 saturated heterocycles. The molecule has 7 nitrogen and oxygen atoms in total. The van der Waals surface area contributed by atoms with Gasteiger partial charge >= 0.3 is 0 Å². The summed E-state index contributed by atoms with van der Waals surface area (Å²) >= 11 is 0. The number of hydrogen-bond donors (Lipinski definition) is 1. The molecule has 1 atom stereocenters. The molecule has 1 aliphatic heterocycles. The second-order valence-electron chi connectivity index (χ2n) is 7.64. The van der Waals surface area contributed by atoms with Gasteiger partial charge in [0.15, 0.2) is 0 Å². The average Bonchev–Trinajstić information content (AvgIpc) is 3.22. The maximum Gasteiger partial charge on any atom is 0.252 e. The van der Waals surface area contributed by atoms with Crippen LogP contribution in [0.4, 0.5) is 0 Å². The number of benzene rings is 1. The minimum absolute atomic E-state index is 0.0836. The van der Waals surface area contributed by atoms with Gasteiger partial charge in [-0.25, -0.2) is 9.50 Å². The standard InChI is InChI=1S/C22H28N6O/c1-4-17-5-7-18(8-6-17)20-13-23-11-12-27(20)21(29)10-9-19-15(2)26-22-24-14-25-28(22)16(19)3/h5-8,14,20,23H,4,9-13H2,1-3H3. The first-order valence-corrected chi connectivity index (χ1v) is 10.3. The number of carbonyl (C=O) groups excluding carboxylic acids is 1. The first kappa shape index (κ1) is 19.5. The molecule has 7 heteroatoms. The van der Waals surface area contributed by atoms with Crippen LogP contribution in [-0.2, 0) is 17.6 Å². The highest BCUT2D eigenvalue weighted by atomic mass is 16.2. The summed E-state index contributed by atoms with van der Waals surface area (Å²) in [7, 11) is 0. The van der Waals surface area contributed by atoms with Gasteiger partial charge in [-0.2, -0.15) is 10.1 Å². The maximum absolute atomic E-state index is 13.2. The van der Waals surface area contributed by atoms with Crippen LogP contribution in [0.3, 0.4) is 0 Å². The molecule has 29 heavy (non-hydrogen) atoms. The molecule has 1 aliphatic rings. The van der Waals surface area contributed by atoms with Gasteiger partial charge < -0.3 is 10.2 Å². The van der Waals surface area contributed by atoms with Crippen molar-refractivity contribution in [3.63, 3.8) is 0 Å². The molecule has 1 fully saturated rings. The Morgan fingerprint density at radius 2 is 2.03 bits per heavy atom. The number of hydrogen-bond acceptors (Lipinski definition) is 5. The zero-order valence-corrected chi connectivity index (χ0v) is 17.4. The van der Waals surface area contributed by atoms with Crippen molar-refractivity contribution in [2.24, 2.45) is 0 Å². The Kier molecular flexibility index (Phi) is 5.58. The van der Waals surface area contributed by atoms with Crippen molar-refractivity contribution in [2.75, 3.05) is 19.6 Å². The third-order valence-corrected chi connectivity index (χ3v) is 5.91. The van der Waals surface area contributed by atoms with E-state index in [9.17, 15) is 4.79 Å². The molecular weight excluding hydrogens is 364 g/mol. The van der Waals surface area contributed by atoms with Crippen molar-refractivity contribution >= 4 is 11.7 Å². The average molecular weight is 393 g/mol. The van der Waals surface area contributed by atoms with Gasteiger partial charge in [-0.1, -0.05) is 31.2 Å². The number of rotatable bonds is 5. The summed E-state index contributed by atoms with van der Waals surface area (Å²) in [6, 6.07) is 8.73. The molecule has 152 valence electrons. The van der Waals surface area contributed by atoms with Crippen LogP contribution in [-0.4, -0.2) is 50.0 Å². The van der Waals surface area contributed by atoms with Gasteiger partial charge in [0.05, 0.1) is 6.04 Å². The van der Waals surface area contributed by atoms with E-state index in [4.69, 9.17) is 0 Å². The number of carbonyl (C=O) groups is 1. The van der Waals surface area contributed by atoms with E-state index in [0.717, 1.165) is 43.0 Å². The van der Waals surface area contributed by atoms with Crippen molar-refractivity contribution in [1.29, 1.82) is 0 Å². The Labute approximate surface area is 171 Å². The number of fused-ring (bicyclic) bond motifs is 1. The Morgan fingerprint density at radius 1 is 1.24 bits per heavy atom. The predicted molar refractivity (Wildman–Crippen MR) is 112 cm³/mol. The van der Waals surface area contributed by atoms with Crippen LogP contribution < -0.4 is 5.32 Å². The van der Waals surface area contributed by atoms with Gasteiger partial charge in [-0.05, 0) is 43.4 Å². The molecular formula is C22H28N6O. The highest BCUT2D eigenvalue weighted by Gasteiger charge is 2.27. The largest absolute Gasteiger partial charge is 0.333 e. The summed E-state index contributed by atoms with van der Waals surface area (Å²) in [5, 5.41) is 7.68.